The third-order valence-electron chi connectivity index (χ3n) is 1.69. The molecule has 0 spiro atoms. The van der Waals surface area contributed by atoms with Crippen molar-refractivity contribution in [2.75, 3.05) is 5.32 Å². The van der Waals surface area contributed by atoms with Gasteiger partial charge in [-0.05, 0) is 24.6 Å². The minimum Gasteiger partial charge on any atom is -0.320 e. The average molecular weight is 197 g/mol. The summed E-state index contributed by atoms with van der Waals surface area (Å²) < 4.78 is 26.1. The summed E-state index contributed by atoms with van der Waals surface area (Å²) in [5.74, 6) is -1.81. The van der Waals surface area contributed by atoms with E-state index in [1.165, 1.54) is 6.92 Å². The topological polar surface area (TPSA) is 29.1 Å². The van der Waals surface area contributed by atoms with Gasteiger partial charge in [0.15, 0.2) is 0 Å². The van der Waals surface area contributed by atoms with Crippen LogP contribution in [-0.2, 0) is 4.79 Å². The standard InChI is InChI=1S/C10H9F2NO/c1-3-10(14)13-9-5-7(11)6(2)4-8(9)12/h3-5H,1H2,2H3,(H,13,14). The van der Waals surface area contributed by atoms with Gasteiger partial charge in [0, 0.05) is 6.07 Å². The van der Waals surface area contributed by atoms with Crippen molar-refractivity contribution >= 4 is 11.6 Å². The fourth-order valence-corrected chi connectivity index (χ4v) is 0.926. The van der Waals surface area contributed by atoms with E-state index in [4.69, 9.17) is 0 Å². The van der Waals surface area contributed by atoms with Gasteiger partial charge in [-0.15, -0.1) is 0 Å². The normalized spacial score (nSPS) is 9.64. The number of nitrogens with one attached hydrogen (secondary N) is 1. The van der Waals surface area contributed by atoms with Gasteiger partial charge in [-0.3, -0.25) is 4.79 Å². The van der Waals surface area contributed by atoms with Gasteiger partial charge in [-0.25, -0.2) is 8.78 Å². The van der Waals surface area contributed by atoms with Gasteiger partial charge in [0.05, 0.1) is 5.69 Å². The molecule has 0 saturated heterocycles. The quantitative estimate of drug-likeness (QED) is 0.724. The van der Waals surface area contributed by atoms with E-state index in [9.17, 15) is 13.6 Å². The molecule has 74 valence electrons. The molecule has 0 saturated carbocycles. The van der Waals surface area contributed by atoms with Crippen molar-refractivity contribution in [3.8, 4) is 0 Å². The molecule has 2 nitrogen and oxygen atoms in total. The Balaban J connectivity index is 3.03. The van der Waals surface area contributed by atoms with Crippen LogP contribution in [0, 0.1) is 18.6 Å². The van der Waals surface area contributed by atoms with Crippen molar-refractivity contribution in [2.24, 2.45) is 0 Å². The summed E-state index contributed by atoms with van der Waals surface area (Å²) in [7, 11) is 0. The second kappa shape index (κ2) is 4.00. The second-order valence-corrected chi connectivity index (χ2v) is 2.77. The van der Waals surface area contributed by atoms with E-state index in [2.05, 4.69) is 11.9 Å². The monoisotopic (exact) mass is 197 g/mol. The number of aryl methyl sites for hydroxylation is 1. The average Bonchev–Trinajstić information content (AvgIpc) is 2.14. The molecule has 0 heterocycles. The molecule has 14 heavy (non-hydrogen) atoms. The molecule has 0 atom stereocenters. The summed E-state index contributed by atoms with van der Waals surface area (Å²) in [6.07, 6.45) is 0.983. The second-order valence-electron chi connectivity index (χ2n) is 2.77. The minimum absolute atomic E-state index is 0.182. The Kier molecular flexibility index (Phi) is 2.96. The molecule has 1 N–H and O–H groups in total. The third-order valence-corrected chi connectivity index (χ3v) is 1.69. The number of benzene rings is 1. The molecule has 1 rings (SSSR count). The highest BCUT2D eigenvalue weighted by Crippen LogP contribution is 2.18. The fraction of sp³-hybridized carbons (Fsp3) is 0.100. The lowest BCUT2D eigenvalue weighted by Crippen LogP contribution is -2.09. The summed E-state index contributed by atoms with van der Waals surface area (Å²) in [5, 5.41) is 2.16. The van der Waals surface area contributed by atoms with E-state index in [0.29, 0.717) is 0 Å². The predicted octanol–water partition coefficient (Wildman–Crippen LogP) is 2.40. The largest absolute Gasteiger partial charge is 0.320 e. The maximum atomic E-state index is 13.1. The first-order valence-corrected chi connectivity index (χ1v) is 3.93. The number of hydrogen-bond acceptors (Lipinski definition) is 1. The highest BCUT2D eigenvalue weighted by Gasteiger charge is 2.08. The van der Waals surface area contributed by atoms with Gasteiger partial charge in [-0.2, -0.15) is 0 Å². The first-order chi connectivity index (χ1) is 6.54. The highest BCUT2D eigenvalue weighted by atomic mass is 19.1. The molecule has 0 unspecified atom stereocenters. The summed E-state index contributed by atoms with van der Waals surface area (Å²) >= 11 is 0. The van der Waals surface area contributed by atoms with E-state index in [-0.39, 0.29) is 11.3 Å². The lowest BCUT2D eigenvalue weighted by molar-refractivity contribution is -0.111. The molecule has 0 aliphatic rings. The van der Waals surface area contributed by atoms with Crippen LogP contribution in [0.5, 0.6) is 0 Å². The Morgan fingerprint density at radius 1 is 1.43 bits per heavy atom. The van der Waals surface area contributed by atoms with Crippen LogP contribution in [0.1, 0.15) is 5.56 Å². The van der Waals surface area contributed by atoms with Crippen LogP contribution >= 0.6 is 0 Å². The SMILES string of the molecule is C=CC(=O)Nc1cc(F)c(C)cc1F. The third kappa shape index (κ3) is 2.16. The molecule has 0 bridgehead atoms. The van der Waals surface area contributed by atoms with E-state index >= 15 is 0 Å². The Labute approximate surface area is 80.2 Å². The molecule has 0 radical (unpaired) electrons. The maximum absolute atomic E-state index is 13.1. The van der Waals surface area contributed by atoms with Crippen LogP contribution in [0.2, 0.25) is 0 Å². The molecule has 0 aliphatic heterocycles. The van der Waals surface area contributed by atoms with Crippen molar-refractivity contribution < 1.29 is 13.6 Å². The van der Waals surface area contributed by atoms with Crippen molar-refractivity contribution in [3.63, 3.8) is 0 Å². The number of hydrogen-bond donors (Lipinski definition) is 1. The van der Waals surface area contributed by atoms with Crippen molar-refractivity contribution in [3.05, 3.63) is 42.0 Å². The van der Waals surface area contributed by atoms with Crippen LogP contribution in [0.3, 0.4) is 0 Å². The molecule has 0 fully saturated rings. The summed E-state index contributed by atoms with van der Waals surface area (Å²) in [6.45, 7) is 4.64. The molecule has 0 aromatic heterocycles. The Morgan fingerprint density at radius 2 is 2.07 bits per heavy atom. The highest BCUT2D eigenvalue weighted by molar-refractivity contribution is 5.98. The molecule has 1 aromatic carbocycles. The Hall–Kier alpha value is -1.71. The molecule has 0 aliphatic carbocycles. The van der Waals surface area contributed by atoms with Gasteiger partial charge >= 0.3 is 0 Å². The zero-order valence-electron chi connectivity index (χ0n) is 7.60. The summed E-state index contributed by atoms with van der Waals surface area (Å²) in [5.41, 5.74) is 0.0112. The number of anilines is 1. The van der Waals surface area contributed by atoms with Crippen LogP contribution < -0.4 is 5.32 Å². The van der Waals surface area contributed by atoms with Crippen molar-refractivity contribution in [1.29, 1.82) is 0 Å². The van der Waals surface area contributed by atoms with Crippen molar-refractivity contribution in [2.45, 2.75) is 6.92 Å². The van der Waals surface area contributed by atoms with Gasteiger partial charge < -0.3 is 5.32 Å². The lowest BCUT2D eigenvalue weighted by Gasteiger charge is -2.05. The summed E-state index contributed by atoms with van der Waals surface area (Å²) in [6, 6.07) is 1.96. The predicted molar refractivity (Wildman–Crippen MR) is 49.9 cm³/mol. The van der Waals surface area contributed by atoms with E-state index in [1.54, 1.807) is 0 Å². The molecule has 1 amide bonds. The smallest absolute Gasteiger partial charge is 0.247 e. The number of amides is 1. The molecular formula is C10H9F2NO. The van der Waals surface area contributed by atoms with E-state index < -0.39 is 17.5 Å². The molecule has 4 heteroatoms. The van der Waals surface area contributed by atoms with Gasteiger partial charge in [0.2, 0.25) is 5.91 Å². The van der Waals surface area contributed by atoms with Gasteiger partial charge in [0.25, 0.3) is 0 Å². The fourth-order valence-electron chi connectivity index (χ4n) is 0.926. The number of halogens is 2. The van der Waals surface area contributed by atoms with Crippen LogP contribution in [-0.4, -0.2) is 5.91 Å². The first-order valence-electron chi connectivity index (χ1n) is 3.93. The Morgan fingerprint density at radius 3 is 2.64 bits per heavy atom. The minimum atomic E-state index is -0.667. The Bertz CT molecular complexity index is 388. The van der Waals surface area contributed by atoms with Crippen LogP contribution in [0.25, 0.3) is 0 Å². The zero-order chi connectivity index (χ0) is 10.7. The van der Waals surface area contributed by atoms with Gasteiger partial charge in [-0.1, -0.05) is 6.58 Å². The van der Waals surface area contributed by atoms with E-state index in [1.807, 2.05) is 0 Å². The maximum Gasteiger partial charge on any atom is 0.247 e. The van der Waals surface area contributed by atoms with Crippen LogP contribution in [0.15, 0.2) is 24.8 Å². The lowest BCUT2D eigenvalue weighted by atomic mass is 10.2. The van der Waals surface area contributed by atoms with E-state index in [0.717, 1.165) is 18.2 Å². The van der Waals surface area contributed by atoms with Crippen LogP contribution in [0.4, 0.5) is 14.5 Å². The summed E-state index contributed by atoms with van der Waals surface area (Å²) in [4.78, 5) is 10.8. The zero-order valence-corrected chi connectivity index (χ0v) is 7.60. The molecular weight excluding hydrogens is 188 g/mol. The number of carbonyl (C=O) groups excluding carboxylic acids is 1. The van der Waals surface area contributed by atoms with Gasteiger partial charge in [0.1, 0.15) is 11.6 Å². The molecule has 1 aromatic rings. The first kappa shape index (κ1) is 10.4. The van der Waals surface area contributed by atoms with Crippen molar-refractivity contribution in [1.82, 2.24) is 0 Å². The number of carbonyl (C=O) groups is 1. The number of rotatable bonds is 2.